The number of benzene rings is 1. The molecule has 1 saturated heterocycles. The number of nitrogens with one attached hydrogen (secondary N) is 1. The van der Waals surface area contributed by atoms with Crippen LogP contribution in [0.15, 0.2) is 48.2 Å². The van der Waals surface area contributed by atoms with E-state index in [2.05, 4.69) is 16.8 Å². The summed E-state index contributed by atoms with van der Waals surface area (Å²) in [7, 11) is 0. The van der Waals surface area contributed by atoms with Gasteiger partial charge in [0.1, 0.15) is 0 Å². The van der Waals surface area contributed by atoms with Crippen LogP contribution in [-0.2, 0) is 14.3 Å². The van der Waals surface area contributed by atoms with E-state index in [4.69, 9.17) is 21.1 Å². The molecule has 1 aromatic carbocycles. The van der Waals surface area contributed by atoms with Gasteiger partial charge >= 0.3 is 12.0 Å². The van der Waals surface area contributed by atoms with Gasteiger partial charge in [-0.1, -0.05) is 29.8 Å². The minimum Gasteiger partial charge on any atom is -0.463 e. The van der Waals surface area contributed by atoms with Crippen molar-refractivity contribution in [3.63, 3.8) is 0 Å². The Bertz CT molecular complexity index is 788. The van der Waals surface area contributed by atoms with E-state index in [0.717, 1.165) is 18.7 Å². The number of halogens is 1. The summed E-state index contributed by atoms with van der Waals surface area (Å²) in [4.78, 5) is 29.7. The first-order chi connectivity index (χ1) is 14.0. The largest absolute Gasteiger partial charge is 0.463 e. The fourth-order valence-electron chi connectivity index (χ4n) is 3.52. The lowest BCUT2D eigenvalue weighted by Gasteiger charge is -2.38. The number of amides is 2. The molecule has 0 aliphatic carbocycles. The molecule has 29 heavy (non-hydrogen) atoms. The first kappa shape index (κ1) is 21.4. The minimum atomic E-state index is -0.615. The van der Waals surface area contributed by atoms with Crippen LogP contribution in [0, 0.1) is 0 Å². The van der Waals surface area contributed by atoms with Crippen LogP contribution in [0.3, 0.4) is 0 Å². The molecule has 0 saturated carbocycles. The average Bonchev–Trinajstić information content (AvgIpc) is 2.72. The Kier molecular flexibility index (Phi) is 7.30. The molecule has 156 valence electrons. The Morgan fingerprint density at radius 2 is 2.03 bits per heavy atom. The van der Waals surface area contributed by atoms with E-state index in [1.807, 2.05) is 12.1 Å². The molecule has 1 aromatic rings. The molecule has 2 amide bonds. The van der Waals surface area contributed by atoms with Crippen molar-refractivity contribution in [3.05, 3.63) is 58.8 Å². The summed E-state index contributed by atoms with van der Waals surface area (Å²) in [5.74, 6) is -0.440. The maximum atomic E-state index is 13.0. The zero-order chi connectivity index (χ0) is 20.8. The number of hydrogen-bond acceptors (Lipinski definition) is 5. The molecule has 0 spiro atoms. The number of rotatable bonds is 7. The average molecular weight is 420 g/mol. The van der Waals surface area contributed by atoms with Gasteiger partial charge in [-0.05, 0) is 24.6 Å². The van der Waals surface area contributed by atoms with Crippen molar-refractivity contribution in [2.75, 3.05) is 46.0 Å². The summed E-state index contributed by atoms with van der Waals surface area (Å²) in [5, 5.41) is 3.52. The second kappa shape index (κ2) is 9.91. The lowest BCUT2D eigenvalue weighted by atomic mass is 9.94. The standard InChI is InChI=1S/C21H26ClN3O4/c1-3-9-25-17(14-24-10-12-28-13-11-24)18(20(26)29-4-2)19(23-21(25)27)15-5-7-16(22)8-6-15/h3,5-8,19H,1,4,9-14H2,2H3,(H,23,27)/t19-/m0/s1. The number of hydrogen-bond donors (Lipinski definition) is 1. The van der Waals surface area contributed by atoms with E-state index in [1.54, 1.807) is 30.0 Å². The van der Waals surface area contributed by atoms with Crippen LogP contribution in [0.25, 0.3) is 0 Å². The van der Waals surface area contributed by atoms with Crippen molar-refractivity contribution in [1.82, 2.24) is 15.1 Å². The first-order valence-electron chi connectivity index (χ1n) is 9.69. The molecule has 0 radical (unpaired) electrons. The van der Waals surface area contributed by atoms with Crippen molar-refractivity contribution in [1.29, 1.82) is 0 Å². The van der Waals surface area contributed by atoms with E-state index in [-0.39, 0.29) is 12.6 Å². The summed E-state index contributed by atoms with van der Waals surface area (Å²) in [6, 6.07) is 6.20. The number of ether oxygens (including phenoxy) is 2. The summed E-state index contributed by atoms with van der Waals surface area (Å²) in [6.45, 7) is 9.21. The third kappa shape index (κ3) is 4.98. The smallest absolute Gasteiger partial charge is 0.338 e. The third-order valence-corrected chi connectivity index (χ3v) is 5.18. The molecular formula is C21H26ClN3O4. The van der Waals surface area contributed by atoms with E-state index in [1.165, 1.54) is 0 Å². The molecule has 0 unspecified atom stereocenters. The molecular weight excluding hydrogens is 394 g/mol. The Balaban J connectivity index is 2.08. The van der Waals surface area contributed by atoms with Gasteiger partial charge in [0.15, 0.2) is 0 Å². The van der Waals surface area contributed by atoms with Crippen LogP contribution in [0.5, 0.6) is 0 Å². The molecule has 0 aromatic heterocycles. The van der Waals surface area contributed by atoms with Crippen LogP contribution in [0.1, 0.15) is 18.5 Å². The van der Waals surface area contributed by atoms with Crippen molar-refractivity contribution >= 4 is 23.6 Å². The summed E-state index contributed by atoms with van der Waals surface area (Å²) in [5.41, 5.74) is 1.83. The number of carbonyl (C=O) groups is 2. The monoisotopic (exact) mass is 419 g/mol. The topological polar surface area (TPSA) is 71.1 Å². The van der Waals surface area contributed by atoms with Crippen molar-refractivity contribution in [2.45, 2.75) is 13.0 Å². The molecule has 0 bridgehead atoms. The SMILES string of the molecule is C=CCN1C(=O)N[C@@H](c2ccc(Cl)cc2)C(C(=O)OCC)=C1CN1CCOCC1. The van der Waals surface area contributed by atoms with Gasteiger partial charge in [-0.25, -0.2) is 9.59 Å². The van der Waals surface area contributed by atoms with Gasteiger partial charge < -0.3 is 14.8 Å². The second-order valence-electron chi connectivity index (χ2n) is 6.80. The fraction of sp³-hybridized carbons (Fsp3) is 0.429. The minimum absolute atomic E-state index is 0.246. The lowest BCUT2D eigenvalue weighted by molar-refractivity contribution is -0.139. The number of esters is 1. The Hall–Kier alpha value is -2.35. The van der Waals surface area contributed by atoms with Crippen LogP contribution in [0.4, 0.5) is 4.79 Å². The quantitative estimate of drug-likeness (QED) is 0.543. The predicted octanol–water partition coefficient (Wildman–Crippen LogP) is 2.74. The third-order valence-electron chi connectivity index (χ3n) is 4.93. The second-order valence-corrected chi connectivity index (χ2v) is 7.24. The molecule has 1 fully saturated rings. The first-order valence-corrected chi connectivity index (χ1v) is 10.1. The van der Waals surface area contributed by atoms with Crippen molar-refractivity contribution < 1.29 is 19.1 Å². The highest BCUT2D eigenvalue weighted by atomic mass is 35.5. The van der Waals surface area contributed by atoms with Crippen LogP contribution in [0.2, 0.25) is 5.02 Å². The van der Waals surface area contributed by atoms with Crippen molar-refractivity contribution in [2.24, 2.45) is 0 Å². The summed E-state index contributed by atoms with van der Waals surface area (Å²) < 4.78 is 10.8. The zero-order valence-corrected chi connectivity index (χ0v) is 17.3. The van der Waals surface area contributed by atoms with Crippen molar-refractivity contribution in [3.8, 4) is 0 Å². The predicted molar refractivity (Wildman–Crippen MR) is 111 cm³/mol. The van der Waals surface area contributed by atoms with Gasteiger partial charge in [-0.3, -0.25) is 9.80 Å². The Morgan fingerprint density at radius 3 is 2.66 bits per heavy atom. The lowest BCUT2D eigenvalue weighted by Crippen LogP contribution is -2.51. The van der Waals surface area contributed by atoms with Crippen LogP contribution >= 0.6 is 11.6 Å². The van der Waals surface area contributed by atoms with Gasteiger partial charge in [0, 0.05) is 36.9 Å². The summed E-state index contributed by atoms with van der Waals surface area (Å²) in [6.07, 6.45) is 1.64. The van der Waals surface area contributed by atoms with E-state index >= 15 is 0 Å². The van der Waals surface area contributed by atoms with Gasteiger partial charge in [0.05, 0.1) is 31.4 Å². The fourth-order valence-corrected chi connectivity index (χ4v) is 3.65. The number of carbonyl (C=O) groups excluding carboxylic acids is 2. The normalized spacial score (nSPS) is 20.4. The highest BCUT2D eigenvalue weighted by molar-refractivity contribution is 6.30. The zero-order valence-electron chi connectivity index (χ0n) is 16.5. The highest BCUT2D eigenvalue weighted by Gasteiger charge is 2.38. The molecule has 1 atom stereocenters. The van der Waals surface area contributed by atoms with Gasteiger partial charge in [0.2, 0.25) is 0 Å². The maximum absolute atomic E-state index is 13.0. The van der Waals surface area contributed by atoms with E-state index < -0.39 is 12.0 Å². The van der Waals surface area contributed by atoms with Gasteiger partial charge in [0.25, 0.3) is 0 Å². The number of urea groups is 1. The van der Waals surface area contributed by atoms with Gasteiger partial charge in [-0.15, -0.1) is 6.58 Å². The number of nitrogens with zero attached hydrogens (tertiary/aromatic N) is 2. The van der Waals surface area contributed by atoms with Crippen LogP contribution < -0.4 is 5.32 Å². The molecule has 7 nitrogen and oxygen atoms in total. The van der Waals surface area contributed by atoms with Gasteiger partial charge in [-0.2, -0.15) is 0 Å². The molecule has 3 rings (SSSR count). The molecule has 2 aliphatic heterocycles. The molecule has 1 N–H and O–H groups in total. The van der Waals surface area contributed by atoms with E-state index in [0.29, 0.717) is 42.6 Å². The maximum Gasteiger partial charge on any atom is 0.338 e. The molecule has 8 heteroatoms. The Labute approximate surface area is 175 Å². The molecule has 2 heterocycles. The highest BCUT2D eigenvalue weighted by Crippen LogP contribution is 2.32. The van der Waals surface area contributed by atoms with Crippen LogP contribution in [-0.4, -0.2) is 67.8 Å². The number of morpholine rings is 1. The summed E-state index contributed by atoms with van der Waals surface area (Å²) >= 11 is 6.02. The molecule has 2 aliphatic rings. The Morgan fingerprint density at radius 1 is 1.34 bits per heavy atom. The van der Waals surface area contributed by atoms with E-state index in [9.17, 15) is 9.59 Å².